The molecule has 0 aliphatic heterocycles. The SMILES string of the molecule is CC(C)CCc1ccc(O)cc1. The van der Waals surface area contributed by atoms with Gasteiger partial charge in [-0.05, 0) is 36.5 Å². The molecule has 0 bridgehead atoms. The first-order valence-corrected chi connectivity index (χ1v) is 4.46. The molecule has 0 heterocycles. The standard InChI is InChI=1S/C11H16O/c1-9(2)3-4-10-5-7-11(12)8-6-10/h5-9,12H,3-4H2,1-2H3. The second-order valence-electron chi connectivity index (χ2n) is 3.60. The van der Waals surface area contributed by atoms with E-state index in [9.17, 15) is 0 Å². The highest BCUT2D eigenvalue weighted by atomic mass is 16.3. The lowest BCUT2D eigenvalue weighted by Gasteiger charge is -2.04. The third kappa shape index (κ3) is 2.95. The number of aromatic hydroxyl groups is 1. The summed E-state index contributed by atoms with van der Waals surface area (Å²) in [4.78, 5) is 0. The van der Waals surface area contributed by atoms with Crippen LogP contribution in [0.25, 0.3) is 0 Å². The fraction of sp³-hybridized carbons (Fsp3) is 0.455. The molecule has 0 aromatic heterocycles. The summed E-state index contributed by atoms with van der Waals surface area (Å²) < 4.78 is 0. The van der Waals surface area contributed by atoms with E-state index in [-0.39, 0.29) is 0 Å². The Morgan fingerprint density at radius 2 is 1.75 bits per heavy atom. The lowest BCUT2D eigenvalue weighted by molar-refractivity contribution is 0.475. The van der Waals surface area contributed by atoms with Crippen LogP contribution in [0.2, 0.25) is 0 Å². The molecule has 1 aromatic carbocycles. The van der Waals surface area contributed by atoms with Gasteiger partial charge in [-0.1, -0.05) is 26.0 Å². The third-order valence-electron chi connectivity index (χ3n) is 1.95. The topological polar surface area (TPSA) is 20.2 Å². The number of rotatable bonds is 3. The lowest BCUT2D eigenvalue weighted by atomic mass is 10.0. The van der Waals surface area contributed by atoms with Crippen LogP contribution in [0.3, 0.4) is 0 Å². The zero-order valence-corrected chi connectivity index (χ0v) is 7.75. The van der Waals surface area contributed by atoms with Gasteiger partial charge in [0.1, 0.15) is 5.75 Å². The van der Waals surface area contributed by atoms with Gasteiger partial charge in [0.25, 0.3) is 0 Å². The van der Waals surface area contributed by atoms with E-state index in [0.29, 0.717) is 5.75 Å². The van der Waals surface area contributed by atoms with Crippen LogP contribution in [0.5, 0.6) is 5.75 Å². The molecule has 1 N–H and O–H groups in total. The molecule has 1 aromatic rings. The summed E-state index contributed by atoms with van der Waals surface area (Å²) in [5, 5.41) is 9.03. The van der Waals surface area contributed by atoms with Gasteiger partial charge in [-0.15, -0.1) is 0 Å². The van der Waals surface area contributed by atoms with Crippen molar-refractivity contribution in [1.29, 1.82) is 0 Å². The number of aryl methyl sites for hydroxylation is 1. The van der Waals surface area contributed by atoms with Gasteiger partial charge in [0.15, 0.2) is 0 Å². The molecule has 1 rings (SSSR count). The van der Waals surface area contributed by atoms with Crippen molar-refractivity contribution in [1.82, 2.24) is 0 Å². The minimum absolute atomic E-state index is 0.350. The van der Waals surface area contributed by atoms with Crippen LogP contribution < -0.4 is 0 Å². The fourth-order valence-corrected chi connectivity index (χ4v) is 1.12. The highest BCUT2D eigenvalue weighted by molar-refractivity contribution is 5.25. The first-order chi connectivity index (χ1) is 5.68. The Bertz CT molecular complexity index is 223. The van der Waals surface area contributed by atoms with Crippen molar-refractivity contribution < 1.29 is 5.11 Å². The molecule has 0 aliphatic carbocycles. The molecule has 0 unspecified atom stereocenters. The molecule has 1 nitrogen and oxygen atoms in total. The summed E-state index contributed by atoms with van der Waals surface area (Å²) in [6, 6.07) is 7.46. The predicted octanol–water partition coefficient (Wildman–Crippen LogP) is 2.98. The van der Waals surface area contributed by atoms with Crippen molar-refractivity contribution in [2.75, 3.05) is 0 Å². The van der Waals surface area contributed by atoms with Gasteiger partial charge < -0.3 is 5.11 Å². The van der Waals surface area contributed by atoms with E-state index in [1.807, 2.05) is 12.1 Å². The minimum Gasteiger partial charge on any atom is -0.508 e. The van der Waals surface area contributed by atoms with Crippen LogP contribution in [-0.4, -0.2) is 5.11 Å². The first-order valence-electron chi connectivity index (χ1n) is 4.46. The Labute approximate surface area is 74.1 Å². The van der Waals surface area contributed by atoms with E-state index in [0.717, 1.165) is 12.3 Å². The summed E-state index contributed by atoms with van der Waals surface area (Å²) in [6.07, 6.45) is 2.32. The van der Waals surface area contributed by atoms with Gasteiger partial charge in [-0.25, -0.2) is 0 Å². The Morgan fingerprint density at radius 3 is 2.25 bits per heavy atom. The van der Waals surface area contributed by atoms with Gasteiger partial charge in [0.2, 0.25) is 0 Å². The van der Waals surface area contributed by atoms with Crippen molar-refractivity contribution in [3.63, 3.8) is 0 Å². The second kappa shape index (κ2) is 4.15. The van der Waals surface area contributed by atoms with Crippen LogP contribution in [0.15, 0.2) is 24.3 Å². The molecule has 12 heavy (non-hydrogen) atoms. The number of phenols is 1. The molecule has 66 valence electrons. The highest BCUT2D eigenvalue weighted by Gasteiger charge is 1.96. The molecule has 0 aliphatic rings. The molecule has 1 heteroatoms. The van der Waals surface area contributed by atoms with Crippen LogP contribution in [0.1, 0.15) is 25.8 Å². The van der Waals surface area contributed by atoms with E-state index in [1.165, 1.54) is 12.0 Å². The van der Waals surface area contributed by atoms with Crippen molar-refractivity contribution in [3.05, 3.63) is 29.8 Å². The predicted molar refractivity (Wildman–Crippen MR) is 51.3 cm³/mol. The van der Waals surface area contributed by atoms with Crippen molar-refractivity contribution >= 4 is 0 Å². The molecule has 0 atom stereocenters. The Hall–Kier alpha value is -0.980. The number of benzene rings is 1. The summed E-state index contributed by atoms with van der Waals surface area (Å²) in [6.45, 7) is 4.45. The molecule has 0 amide bonds. The number of hydrogen-bond acceptors (Lipinski definition) is 1. The van der Waals surface area contributed by atoms with Crippen LogP contribution in [0, 0.1) is 5.92 Å². The Morgan fingerprint density at radius 1 is 1.17 bits per heavy atom. The summed E-state index contributed by atoms with van der Waals surface area (Å²) >= 11 is 0. The van der Waals surface area contributed by atoms with Crippen LogP contribution >= 0.6 is 0 Å². The highest BCUT2D eigenvalue weighted by Crippen LogP contribution is 2.13. The van der Waals surface area contributed by atoms with Crippen molar-refractivity contribution in [2.45, 2.75) is 26.7 Å². The quantitative estimate of drug-likeness (QED) is 0.728. The van der Waals surface area contributed by atoms with Crippen molar-refractivity contribution in [2.24, 2.45) is 5.92 Å². The average molecular weight is 164 g/mol. The molecule has 0 saturated heterocycles. The summed E-state index contributed by atoms with van der Waals surface area (Å²) in [7, 11) is 0. The number of hydrogen-bond donors (Lipinski definition) is 1. The van der Waals surface area contributed by atoms with E-state index < -0.39 is 0 Å². The summed E-state index contributed by atoms with van der Waals surface area (Å²) in [5.74, 6) is 1.10. The van der Waals surface area contributed by atoms with Gasteiger partial charge in [0, 0.05) is 0 Å². The first kappa shape index (κ1) is 9.11. The van der Waals surface area contributed by atoms with E-state index >= 15 is 0 Å². The Balaban J connectivity index is 2.48. The fourth-order valence-electron chi connectivity index (χ4n) is 1.12. The molecule has 0 radical (unpaired) electrons. The van der Waals surface area contributed by atoms with E-state index in [4.69, 9.17) is 5.11 Å². The van der Waals surface area contributed by atoms with Crippen LogP contribution in [-0.2, 0) is 6.42 Å². The minimum atomic E-state index is 0.350. The monoisotopic (exact) mass is 164 g/mol. The maximum absolute atomic E-state index is 9.03. The average Bonchev–Trinajstić information content (AvgIpc) is 2.03. The zero-order valence-electron chi connectivity index (χ0n) is 7.75. The smallest absolute Gasteiger partial charge is 0.115 e. The lowest BCUT2D eigenvalue weighted by Crippen LogP contribution is -1.91. The molecular formula is C11H16O. The third-order valence-corrected chi connectivity index (χ3v) is 1.95. The normalized spacial score (nSPS) is 10.6. The molecular weight excluding hydrogens is 148 g/mol. The van der Waals surface area contributed by atoms with Gasteiger partial charge in [-0.3, -0.25) is 0 Å². The molecule has 0 spiro atoms. The molecule has 0 saturated carbocycles. The second-order valence-corrected chi connectivity index (χ2v) is 3.60. The van der Waals surface area contributed by atoms with E-state index in [2.05, 4.69) is 13.8 Å². The van der Waals surface area contributed by atoms with Crippen LogP contribution in [0.4, 0.5) is 0 Å². The number of phenolic OH excluding ortho intramolecular Hbond substituents is 1. The molecule has 0 fully saturated rings. The van der Waals surface area contributed by atoms with Gasteiger partial charge >= 0.3 is 0 Å². The van der Waals surface area contributed by atoms with Crippen molar-refractivity contribution in [3.8, 4) is 5.75 Å². The van der Waals surface area contributed by atoms with Gasteiger partial charge in [-0.2, -0.15) is 0 Å². The maximum atomic E-state index is 9.03. The Kier molecular flexibility index (Phi) is 3.15. The zero-order chi connectivity index (χ0) is 8.97. The van der Waals surface area contributed by atoms with E-state index in [1.54, 1.807) is 12.1 Å². The summed E-state index contributed by atoms with van der Waals surface area (Å²) in [5.41, 5.74) is 1.31. The maximum Gasteiger partial charge on any atom is 0.115 e. The van der Waals surface area contributed by atoms with Gasteiger partial charge in [0.05, 0.1) is 0 Å². The largest absolute Gasteiger partial charge is 0.508 e.